The number of rotatable bonds is 11. The summed E-state index contributed by atoms with van der Waals surface area (Å²) in [5.41, 5.74) is 3.31. The zero-order valence-corrected chi connectivity index (χ0v) is 24.2. The van der Waals surface area contributed by atoms with E-state index in [4.69, 9.17) is 21.3 Å². The average Bonchev–Trinajstić information content (AvgIpc) is 3.33. The van der Waals surface area contributed by atoms with Gasteiger partial charge in [0.25, 0.3) is 0 Å². The van der Waals surface area contributed by atoms with Crippen LogP contribution in [0.25, 0.3) is 11.0 Å². The van der Waals surface area contributed by atoms with Gasteiger partial charge in [0.15, 0.2) is 0 Å². The summed E-state index contributed by atoms with van der Waals surface area (Å²) < 4.78 is 8.32. The van der Waals surface area contributed by atoms with Crippen molar-refractivity contribution in [1.29, 1.82) is 0 Å². The molecule has 2 fully saturated rings. The smallest absolute Gasteiger partial charge is 0.222 e. The summed E-state index contributed by atoms with van der Waals surface area (Å²) in [4.78, 5) is 23.0. The number of carbonyl (C=O) groups excluding carboxylic acids is 1. The molecule has 0 unspecified atom stereocenters. The zero-order valence-electron chi connectivity index (χ0n) is 23.4. The Hall–Kier alpha value is -2.57. The summed E-state index contributed by atoms with van der Waals surface area (Å²) in [5.74, 6) is 2.03. The second kappa shape index (κ2) is 13.7. The normalized spacial score (nSPS) is 18.5. The lowest BCUT2D eigenvalue weighted by Gasteiger charge is -2.37. The Morgan fingerprint density at radius 2 is 1.77 bits per heavy atom. The summed E-state index contributed by atoms with van der Waals surface area (Å²) in [7, 11) is 0. The van der Waals surface area contributed by atoms with Crippen molar-refractivity contribution in [2.75, 3.05) is 26.2 Å². The number of piperidine rings is 2. The molecule has 3 aromatic rings. The summed E-state index contributed by atoms with van der Waals surface area (Å²) in [6.07, 6.45) is 11.2. The third-order valence-corrected chi connectivity index (χ3v) is 8.69. The molecule has 1 aromatic heterocycles. The van der Waals surface area contributed by atoms with Gasteiger partial charge in [0.05, 0.1) is 11.0 Å². The number of fused-ring (bicyclic) bond motifs is 1. The van der Waals surface area contributed by atoms with Crippen LogP contribution in [0.15, 0.2) is 42.5 Å². The minimum absolute atomic E-state index is 0.343. The number of unbranched alkanes of at least 4 members (excludes halogenated alkanes) is 1. The maximum absolute atomic E-state index is 13.3. The minimum atomic E-state index is 0.343. The Labute approximate surface area is 238 Å². The number of likely N-dealkylation sites (tertiary alicyclic amines) is 2. The van der Waals surface area contributed by atoms with Gasteiger partial charge in [-0.1, -0.05) is 30.2 Å². The van der Waals surface area contributed by atoms with Gasteiger partial charge < -0.3 is 19.1 Å². The van der Waals surface area contributed by atoms with Crippen molar-refractivity contribution >= 4 is 28.5 Å². The van der Waals surface area contributed by atoms with E-state index in [0.717, 1.165) is 79.9 Å². The van der Waals surface area contributed by atoms with Crippen LogP contribution in [0, 0.1) is 6.92 Å². The molecular formula is C32H43ClN4O2. The van der Waals surface area contributed by atoms with Gasteiger partial charge in [-0.05, 0) is 107 Å². The van der Waals surface area contributed by atoms with E-state index >= 15 is 0 Å². The molecule has 1 atom stereocenters. The molecule has 2 saturated heterocycles. The van der Waals surface area contributed by atoms with Gasteiger partial charge >= 0.3 is 0 Å². The van der Waals surface area contributed by atoms with E-state index in [9.17, 15) is 4.79 Å². The zero-order chi connectivity index (χ0) is 27.0. The highest BCUT2D eigenvalue weighted by Gasteiger charge is 2.27. The second-order valence-electron chi connectivity index (χ2n) is 11.2. The highest BCUT2D eigenvalue weighted by molar-refractivity contribution is 6.30. The van der Waals surface area contributed by atoms with Crippen molar-refractivity contribution in [3.8, 4) is 5.75 Å². The Bertz CT molecular complexity index is 1220. The van der Waals surface area contributed by atoms with Crippen LogP contribution >= 0.6 is 11.6 Å². The first-order chi connectivity index (χ1) is 19.1. The molecule has 2 aromatic carbocycles. The first-order valence-corrected chi connectivity index (χ1v) is 15.3. The van der Waals surface area contributed by atoms with Gasteiger partial charge in [-0.15, -0.1) is 0 Å². The number of halogens is 1. The van der Waals surface area contributed by atoms with E-state index < -0.39 is 0 Å². The van der Waals surface area contributed by atoms with Crippen molar-refractivity contribution in [1.82, 2.24) is 19.4 Å². The number of ether oxygens (including phenoxy) is 1. The van der Waals surface area contributed by atoms with Crippen LogP contribution in [-0.2, 0) is 17.9 Å². The molecule has 1 amide bonds. The van der Waals surface area contributed by atoms with Crippen LogP contribution in [0.5, 0.6) is 5.75 Å². The fourth-order valence-corrected chi connectivity index (χ4v) is 6.33. The number of benzene rings is 2. The molecule has 39 heavy (non-hydrogen) atoms. The Morgan fingerprint density at radius 1 is 0.974 bits per heavy atom. The molecule has 0 spiro atoms. The van der Waals surface area contributed by atoms with E-state index in [2.05, 4.69) is 39.5 Å². The molecule has 0 saturated carbocycles. The molecule has 0 bridgehead atoms. The minimum Gasteiger partial charge on any atom is -0.486 e. The Kier molecular flexibility index (Phi) is 9.81. The highest BCUT2D eigenvalue weighted by atomic mass is 35.5. The number of hydrogen-bond acceptors (Lipinski definition) is 4. The molecule has 6 nitrogen and oxygen atoms in total. The summed E-state index contributed by atoms with van der Waals surface area (Å²) in [5, 5.41) is 0.692. The molecule has 0 N–H and O–H groups in total. The average molecular weight is 551 g/mol. The first kappa shape index (κ1) is 28.0. The van der Waals surface area contributed by atoms with Crippen LogP contribution < -0.4 is 4.74 Å². The maximum atomic E-state index is 13.3. The number of amides is 1. The van der Waals surface area contributed by atoms with Crippen LogP contribution in [0.3, 0.4) is 0 Å². The van der Waals surface area contributed by atoms with Crippen molar-refractivity contribution < 1.29 is 9.53 Å². The van der Waals surface area contributed by atoms with E-state index in [-0.39, 0.29) is 0 Å². The number of aryl methyl sites for hydroxylation is 2. The largest absolute Gasteiger partial charge is 0.486 e. The van der Waals surface area contributed by atoms with Crippen LogP contribution in [-0.4, -0.2) is 57.5 Å². The van der Waals surface area contributed by atoms with E-state index in [0.29, 0.717) is 30.0 Å². The Morgan fingerprint density at radius 3 is 2.59 bits per heavy atom. The standard InChI is InChI=1S/C32H43ClN4O2/c1-25-10-9-12-29-32(25)34-30(24-39-28-16-14-26(33)15-17-28)37(29)22-8-4-13-31(38)36-21-7-3-11-27(36)18-23-35-19-5-2-6-20-35/h9-10,12,14-17,27H,2-8,11,13,18-24H2,1H3/t27-/m1/s1. The van der Waals surface area contributed by atoms with Crippen LogP contribution in [0.1, 0.15) is 75.6 Å². The highest BCUT2D eigenvalue weighted by Crippen LogP contribution is 2.25. The van der Waals surface area contributed by atoms with E-state index in [1.807, 2.05) is 24.3 Å². The number of nitrogens with zero attached hydrogens (tertiary/aromatic N) is 4. The summed E-state index contributed by atoms with van der Waals surface area (Å²) in [6.45, 7) is 7.85. The Balaban J connectivity index is 1.16. The molecule has 0 radical (unpaired) electrons. The molecule has 3 heterocycles. The lowest BCUT2D eigenvalue weighted by Crippen LogP contribution is -2.45. The quantitative estimate of drug-likeness (QED) is 0.241. The van der Waals surface area contributed by atoms with Gasteiger partial charge in [-0.2, -0.15) is 0 Å². The fraction of sp³-hybridized carbons (Fsp3) is 0.562. The molecule has 7 heteroatoms. The van der Waals surface area contributed by atoms with E-state index in [1.54, 1.807) is 0 Å². The number of hydrogen-bond donors (Lipinski definition) is 0. The van der Waals surface area contributed by atoms with Crippen molar-refractivity contribution in [2.24, 2.45) is 0 Å². The molecule has 2 aliphatic rings. The second-order valence-corrected chi connectivity index (χ2v) is 11.7. The molecular weight excluding hydrogens is 508 g/mol. The third-order valence-electron chi connectivity index (χ3n) is 8.44. The number of imidazole rings is 1. The van der Waals surface area contributed by atoms with Crippen molar-refractivity contribution in [3.05, 3.63) is 58.9 Å². The summed E-state index contributed by atoms with van der Waals surface area (Å²) in [6, 6.07) is 14.2. The van der Waals surface area contributed by atoms with Crippen molar-refractivity contribution in [3.63, 3.8) is 0 Å². The topological polar surface area (TPSA) is 50.6 Å². The van der Waals surface area contributed by atoms with Crippen LogP contribution in [0.2, 0.25) is 5.02 Å². The van der Waals surface area contributed by atoms with Gasteiger partial charge in [0.2, 0.25) is 5.91 Å². The molecule has 0 aliphatic carbocycles. The maximum Gasteiger partial charge on any atom is 0.222 e. The van der Waals surface area contributed by atoms with Gasteiger partial charge in [0, 0.05) is 37.1 Å². The predicted octanol–water partition coefficient (Wildman–Crippen LogP) is 7.00. The molecule has 2 aliphatic heterocycles. The SMILES string of the molecule is Cc1cccc2c1nc(COc1ccc(Cl)cc1)n2CCCCC(=O)N1CCCC[C@@H]1CCN1CCCCC1. The van der Waals surface area contributed by atoms with Crippen molar-refractivity contribution in [2.45, 2.75) is 90.3 Å². The van der Waals surface area contributed by atoms with E-state index in [1.165, 1.54) is 38.8 Å². The van der Waals surface area contributed by atoms with Crippen LogP contribution in [0.4, 0.5) is 0 Å². The third kappa shape index (κ3) is 7.34. The van der Waals surface area contributed by atoms with Gasteiger partial charge in [-0.3, -0.25) is 4.79 Å². The molecule has 210 valence electrons. The lowest BCUT2D eigenvalue weighted by molar-refractivity contribution is -0.135. The number of carbonyl (C=O) groups is 1. The van der Waals surface area contributed by atoms with Gasteiger partial charge in [-0.25, -0.2) is 4.98 Å². The molecule has 5 rings (SSSR count). The van der Waals surface area contributed by atoms with Gasteiger partial charge in [0.1, 0.15) is 18.2 Å². The fourth-order valence-electron chi connectivity index (χ4n) is 6.21. The number of para-hydroxylation sites is 1. The monoisotopic (exact) mass is 550 g/mol. The predicted molar refractivity (Wildman–Crippen MR) is 158 cm³/mol. The lowest BCUT2D eigenvalue weighted by atomic mass is 9.97. The first-order valence-electron chi connectivity index (χ1n) is 14.9. The summed E-state index contributed by atoms with van der Waals surface area (Å²) >= 11 is 6.02. The number of aromatic nitrogens is 2.